The summed E-state index contributed by atoms with van der Waals surface area (Å²) in [5, 5.41) is 13.6. The highest BCUT2D eigenvalue weighted by Gasteiger charge is 2.09. The molecule has 0 bridgehead atoms. The number of nitrogens with zero attached hydrogens (tertiary/aromatic N) is 1. The number of amides is 1. The molecular formula is C11H15N3O2S. The summed E-state index contributed by atoms with van der Waals surface area (Å²) in [6.07, 6.45) is 0. The molecule has 3 N–H and O–H groups in total. The zero-order valence-corrected chi connectivity index (χ0v) is 10.5. The summed E-state index contributed by atoms with van der Waals surface area (Å²) >= 11 is 4.96. The van der Waals surface area contributed by atoms with Crippen LogP contribution < -0.4 is 10.7 Å². The summed E-state index contributed by atoms with van der Waals surface area (Å²) in [6, 6.07) is 6.77. The Hall–Kier alpha value is -1.66. The highest BCUT2D eigenvalue weighted by Crippen LogP contribution is 2.05. The van der Waals surface area contributed by atoms with Crippen LogP contribution in [0.5, 0.6) is 0 Å². The Morgan fingerprint density at radius 3 is 2.82 bits per heavy atom. The maximum atomic E-state index is 11.8. The Morgan fingerprint density at radius 2 is 2.24 bits per heavy atom. The van der Waals surface area contributed by atoms with E-state index in [9.17, 15) is 4.79 Å². The molecule has 5 nitrogen and oxygen atoms in total. The van der Waals surface area contributed by atoms with E-state index >= 15 is 0 Å². The quantitative estimate of drug-likeness (QED) is 0.521. The maximum Gasteiger partial charge on any atom is 0.269 e. The average Bonchev–Trinajstić information content (AvgIpc) is 2.37. The monoisotopic (exact) mass is 253 g/mol. The molecular weight excluding hydrogens is 238 g/mol. The van der Waals surface area contributed by atoms with Gasteiger partial charge in [0.2, 0.25) is 0 Å². The van der Waals surface area contributed by atoms with E-state index in [-0.39, 0.29) is 12.5 Å². The lowest BCUT2D eigenvalue weighted by molar-refractivity contribution is 0.0886. The van der Waals surface area contributed by atoms with Crippen LogP contribution in [0, 0.1) is 0 Å². The summed E-state index contributed by atoms with van der Waals surface area (Å²) in [7, 11) is 3.32. The number of carbonyl (C=O) groups is 1. The third kappa shape index (κ3) is 3.69. The van der Waals surface area contributed by atoms with E-state index in [1.807, 2.05) is 0 Å². The number of hydrazine groups is 1. The molecule has 1 aromatic rings. The van der Waals surface area contributed by atoms with Crippen molar-refractivity contribution in [1.82, 2.24) is 15.8 Å². The molecule has 0 aliphatic carbocycles. The van der Waals surface area contributed by atoms with Crippen LogP contribution in [0.15, 0.2) is 24.3 Å². The van der Waals surface area contributed by atoms with Gasteiger partial charge < -0.3 is 10.4 Å². The van der Waals surface area contributed by atoms with Crippen LogP contribution in [-0.4, -0.2) is 35.2 Å². The number of carbonyl (C=O) groups excluding carboxylic acids is 1. The second-order valence-corrected chi connectivity index (χ2v) is 3.80. The predicted molar refractivity (Wildman–Crippen MR) is 69.3 cm³/mol. The van der Waals surface area contributed by atoms with Gasteiger partial charge in [-0.15, -0.1) is 0 Å². The van der Waals surface area contributed by atoms with E-state index in [0.717, 1.165) is 0 Å². The van der Waals surface area contributed by atoms with Crippen molar-refractivity contribution < 1.29 is 9.90 Å². The van der Waals surface area contributed by atoms with Crippen LogP contribution >= 0.6 is 12.2 Å². The molecule has 1 rings (SSSR count). The first kappa shape index (κ1) is 13.4. The molecule has 0 fully saturated rings. The van der Waals surface area contributed by atoms with Crippen LogP contribution in [-0.2, 0) is 6.61 Å². The zero-order valence-electron chi connectivity index (χ0n) is 9.73. The Bertz CT molecular complexity index is 423. The minimum absolute atomic E-state index is 0.0914. The molecule has 0 aliphatic rings. The van der Waals surface area contributed by atoms with E-state index in [1.54, 1.807) is 38.4 Å². The lowest BCUT2D eigenvalue weighted by Gasteiger charge is -2.20. The van der Waals surface area contributed by atoms with Crippen molar-refractivity contribution in [3.05, 3.63) is 35.4 Å². The van der Waals surface area contributed by atoms with Crippen LogP contribution in [0.25, 0.3) is 0 Å². The molecule has 0 heterocycles. The lowest BCUT2D eigenvalue weighted by Crippen LogP contribution is -2.47. The first-order chi connectivity index (χ1) is 8.08. The molecule has 0 radical (unpaired) electrons. The average molecular weight is 253 g/mol. The fourth-order valence-corrected chi connectivity index (χ4v) is 1.29. The molecule has 0 saturated carbocycles. The van der Waals surface area contributed by atoms with Gasteiger partial charge in [-0.25, -0.2) is 0 Å². The normalized spacial score (nSPS) is 9.59. The molecule has 6 heteroatoms. The SMILES string of the molecule is CNC(=S)N(C)NC(=O)c1cccc(CO)c1. The van der Waals surface area contributed by atoms with E-state index in [0.29, 0.717) is 16.2 Å². The molecule has 1 aromatic carbocycles. The zero-order chi connectivity index (χ0) is 12.8. The number of aliphatic hydroxyl groups is 1. The standard InChI is InChI=1S/C11H15N3O2S/c1-12-11(17)14(2)13-10(16)9-5-3-4-8(6-9)7-15/h3-6,15H,7H2,1-2H3,(H,12,17)(H,13,16). The molecule has 0 aliphatic heterocycles. The van der Waals surface area contributed by atoms with Gasteiger partial charge in [0.25, 0.3) is 5.91 Å². The van der Waals surface area contributed by atoms with Crippen LogP contribution in [0.4, 0.5) is 0 Å². The van der Waals surface area contributed by atoms with E-state index in [2.05, 4.69) is 10.7 Å². The van der Waals surface area contributed by atoms with Gasteiger partial charge in [0, 0.05) is 19.7 Å². The summed E-state index contributed by atoms with van der Waals surface area (Å²) in [5.74, 6) is -0.277. The molecule has 17 heavy (non-hydrogen) atoms. The second kappa shape index (κ2) is 6.17. The Labute approximate surface area is 105 Å². The fourth-order valence-electron chi connectivity index (χ4n) is 1.25. The summed E-state index contributed by atoms with van der Waals surface area (Å²) in [5.41, 5.74) is 3.77. The fraction of sp³-hybridized carbons (Fsp3) is 0.273. The number of hydrogen-bond donors (Lipinski definition) is 3. The van der Waals surface area contributed by atoms with Crippen molar-refractivity contribution in [2.45, 2.75) is 6.61 Å². The summed E-state index contributed by atoms with van der Waals surface area (Å²) in [6.45, 7) is -0.0914. The molecule has 0 saturated heterocycles. The number of rotatable bonds is 2. The van der Waals surface area contributed by atoms with Gasteiger partial charge in [-0.05, 0) is 29.9 Å². The molecule has 0 aromatic heterocycles. The van der Waals surface area contributed by atoms with Gasteiger partial charge >= 0.3 is 0 Å². The van der Waals surface area contributed by atoms with Gasteiger partial charge in [-0.1, -0.05) is 12.1 Å². The first-order valence-electron chi connectivity index (χ1n) is 5.04. The highest BCUT2D eigenvalue weighted by molar-refractivity contribution is 7.80. The Balaban J connectivity index is 2.72. The number of thiocarbonyl (C=S) groups is 1. The van der Waals surface area contributed by atoms with E-state index in [4.69, 9.17) is 17.3 Å². The summed E-state index contributed by atoms with van der Waals surface area (Å²) < 4.78 is 0. The number of benzene rings is 1. The second-order valence-electron chi connectivity index (χ2n) is 3.41. The minimum Gasteiger partial charge on any atom is -0.392 e. The molecule has 0 spiro atoms. The molecule has 92 valence electrons. The highest BCUT2D eigenvalue weighted by atomic mass is 32.1. The van der Waals surface area contributed by atoms with Crippen molar-refractivity contribution in [3.63, 3.8) is 0 Å². The Morgan fingerprint density at radius 1 is 1.53 bits per heavy atom. The minimum atomic E-state index is -0.277. The third-order valence-corrected chi connectivity index (χ3v) is 2.64. The maximum absolute atomic E-state index is 11.8. The molecule has 1 amide bonds. The number of nitrogens with one attached hydrogen (secondary N) is 2. The Kier molecular flexibility index (Phi) is 4.86. The largest absolute Gasteiger partial charge is 0.392 e. The van der Waals surface area contributed by atoms with Crippen LogP contribution in [0.3, 0.4) is 0 Å². The van der Waals surface area contributed by atoms with Gasteiger partial charge in [-0.3, -0.25) is 15.2 Å². The van der Waals surface area contributed by atoms with Gasteiger partial charge in [0.05, 0.1) is 6.61 Å². The smallest absolute Gasteiger partial charge is 0.269 e. The van der Waals surface area contributed by atoms with Gasteiger partial charge in [0.1, 0.15) is 0 Å². The van der Waals surface area contributed by atoms with Crippen molar-refractivity contribution in [2.24, 2.45) is 0 Å². The van der Waals surface area contributed by atoms with Gasteiger partial charge in [0.15, 0.2) is 5.11 Å². The predicted octanol–water partition coefficient (Wildman–Crippen LogP) is 0.260. The van der Waals surface area contributed by atoms with Crippen molar-refractivity contribution >= 4 is 23.2 Å². The van der Waals surface area contributed by atoms with Crippen LogP contribution in [0.2, 0.25) is 0 Å². The first-order valence-corrected chi connectivity index (χ1v) is 5.45. The number of hydrogen-bond acceptors (Lipinski definition) is 3. The van der Waals surface area contributed by atoms with Crippen LogP contribution in [0.1, 0.15) is 15.9 Å². The van der Waals surface area contributed by atoms with E-state index in [1.165, 1.54) is 5.01 Å². The van der Waals surface area contributed by atoms with Crippen molar-refractivity contribution in [3.8, 4) is 0 Å². The van der Waals surface area contributed by atoms with E-state index < -0.39 is 0 Å². The lowest BCUT2D eigenvalue weighted by atomic mass is 10.1. The third-order valence-electron chi connectivity index (χ3n) is 2.16. The molecule has 0 unspecified atom stereocenters. The topological polar surface area (TPSA) is 64.6 Å². The summed E-state index contributed by atoms with van der Waals surface area (Å²) in [4.78, 5) is 11.8. The number of aliphatic hydroxyl groups excluding tert-OH is 1. The molecule has 0 atom stereocenters. The van der Waals surface area contributed by atoms with Crippen molar-refractivity contribution in [2.75, 3.05) is 14.1 Å². The van der Waals surface area contributed by atoms with Crippen molar-refractivity contribution in [1.29, 1.82) is 0 Å². The van der Waals surface area contributed by atoms with Gasteiger partial charge in [-0.2, -0.15) is 0 Å².